The van der Waals surface area contributed by atoms with Crippen LogP contribution in [0.25, 0.3) is 0 Å². The Labute approximate surface area is 112 Å². The molecule has 0 aromatic heterocycles. The summed E-state index contributed by atoms with van der Waals surface area (Å²) in [4.78, 5) is 0. The highest BCUT2D eigenvalue weighted by Gasteiger charge is 2.26. The van der Waals surface area contributed by atoms with Gasteiger partial charge in [0.05, 0.1) is 0 Å². The van der Waals surface area contributed by atoms with E-state index < -0.39 is 0 Å². The third-order valence-corrected chi connectivity index (χ3v) is 4.54. The molecular weight excluding hydrogens is 218 g/mol. The van der Waals surface area contributed by atoms with Gasteiger partial charge in [-0.3, -0.25) is 0 Å². The van der Waals surface area contributed by atoms with Crippen LogP contribution in [-0.4, -0.2) is 0 Å². The Bertz CT molecular complexity index is 376. The Morgan fingerprint density at radius 1 is 1.17 bits per heavy atom. The van der Waals surface area contributed by atoms with Crippen LogP contribution in [0, 0.1) is 25.7 Å². The molecule has 1 heteroatoms. The normalized spacial score (nSPS) is 26.0. The highest BCUT2D eigenvalue weighted by atomic mass is 14.7. The molecule has 0 radical (unpaired) electrons. The monoisotopic (exact) mass is 245 g/mol. The van der Waals surface area contributed by atoms with Gasteiger partial charge in [-0.15, -0.1) is 0 Å². The number of aryl methyl sites for hydroxylation is 2. The molecule has 1 aliphatic carbocycles. The van der Waals surface area contributed by atoms with E-state index in [1.807, 2.05) is 0 Å². The van der Waals surface area contributed by atoms with Crippen molar-refractivity contribution in [2.75, 3.05) is 0 Å². The predicted octanol–water partition coefficient (Wildman–Crippen LogP) is 4.52. The summed E-state index contributed by atoms with van der Waals surface area (Å²) >= 11 is 0. The van der Waals surface area contributed by atoms with E-state index >= 15 is 0 Å². The first-order valence-corrected chi connectivity index (χ1v) is 7.44. The van der Waals surface area contributed by atoms with Crippen LogP contribution in [0.1, 0.15) is 61.8 Å². The highest BCUT2D eigenvalue weighted by Crippen LogP contribution is 2.37. The molecule has 0 aliphatic heterocycles. The molecule has 18 heavy (non-hydrogen) atoms. The van der Waals surface area contributed by atoms with Crippen LogP contribution < -0.4 is 5.73 Å². The molecule has 0 bridgehead atoms. The SMILES string of the molecule is CCC1CCCC(C(N)c2cc(C)cc(C)c2)C1. The summed E-state index contributed by atoms with van der Waals surface area (Å²) in [7, 11) is 0. The fourth-order valence-electron chi connectivity index (χ4n) is 3.50. The Balaban J connectivity index is 2.12. The lowest BCUT2D eigenvalue weighted by molar-refractivity contribution is 0.230. The van der Waals surface area contributed by atoms with Crippen molar-refractivity contribution in [2.45, 2.75) is 58.9 Å². The zero-order chi connectivity index (χ0) is 13.1. The summed E-state index contributed by atoms with van der Waals surface area (Å²) in [5, 5.41) is 0. The van der Waals surface area contributed by atoms with Gasteiger partial charge in [0.15, 0.2) is 0 Å². The maximum Gasteiger partial charge on any atom is 0.0323 e. The van der Waals surface area contributed by atoms with Crippen molar-refractivity contribution in [3.63, 3.8) is 0 Å². The summed E-state index contributed by atoms with van der Waals surface area (Å²) < 4.78 is 0. The van der Waals surface area contributed by atoms with E-state index in [1.54, 1.807) is 0 Å². The van der Waals surface area contributed by atoms with Crippen molar-refractivity contribution in [2.24, 2.45) is 17.6 Å². The Morgan fingerprint density at radius 2 is 1.83 bits per heavy atom. The molecule has 2 N–H and O–H groups in total. The van der Waals surface area contributed by atoms with Crippen molar-refractivity contribution in [1.82, 2.24) is 0 Å². The number of rotatable bonds is 3. The van der Waals surface area contributed by atoms with Crippen molar-refractivity contribution in [3.8, 4) is 0 Å². The fraction of sp³-hybridized carbons (Fsp3) is 0.647. The Kier molecular flexibility index (Phi) is 4.45. The molecule has 100 valence electrons. The van der Waals surface area contributed by atoms with Crippen LogP contribution in [0.2, 0.25) is 0 Å². The number of hydrogen-bond donors (Lipinski definition) is 1. The molecule has 1 aromatic carbocycles. The number of benzene rings is 1. The quantitative estimate of drug-likeness (QED) is 0.832. The maximum absolute atomic E-state index is 6.52. The smallest absolute Gasteiger partial charge is 0.0323 e. The van der Waals surface area contributed by atoms with Crippen LogP contribution >= 0.6 is 0 Å². The fourth-order valence-corrected chi connectivity index (χ4v) is 3.50. The lowest BCUT2D eigenvalue weighted by atomic mass is 9.75. The lowest BCUT2D eigenvalue weighted by Gasteiger charge is -2.33. The number of nitrogens with two attached hydrogens (primary N) is 1. The minimum atomic E-state index is 0.234. The minimum Gasteiger partial charge on any atom is -0.324 e. The van der Waals surface area contributed by atoms with Gasteiger partial charge in [0.2, 0.25) is 0 Å². The van der Waals surface area contributed by atoms with E-state index in [0.29, 0.717) is 5.92 Å². The molecular formula is C17H27N. The molecule has 1 aliphatic rings. The summed E-state index contributed by atoms with van der Waals surface area (Å²) in [5.41, 5.74) is 10.5. The molecule has 0 spiro atoms. The zero-order valence-electron chi connectivity index (χ0n) is 12.1. The van der Waals surface area contributed by atoms with Crippen molar-refractivity contribution in [3.05, 3.63) is 34.9 Å². The summed E-state index contributed by atoms with van der Waals surface area (Å²) in [6.45, 7) is 6.65. The average molecular weight is 245 g/mol. The van der Waals surface area contributed by atoms with Gasteiger partial charge in [0.1, 0.15) is 0 Å². The standard InChI is InChI=1S/C17H27N/c1-4-14-6-5-7-15(11-14)17(18)16-9-12(2)8-13(3)10-16/h8-10,14-15,17H,4-7,11,18H2,1-3H3. The van der Waals surface area contributed by atoms with E-state index in [-0.39, 0.29) is 6.04 Å². The van der Waals surface area contributed by atoms with Crippen molar-refractivity contribution >= 4 is 0 Å². The molecule has 1 nitrogen and oxygen atoms in total. The second-order valence-corrected chi connectivity index (χ2v) is 6.15. The molecule has 0 heterocycles. The van der Waals surface area contributed by atoms with E-state index in [9.17, 15) is 0 Å². The second-order valence-electron chi connectivity index (χ2n) is 6.15. The summed E-state index contributed by atoms with van der Waals surface area (Å²) in [6, 6.07) is 7.00. The lowest BCUT2D eigenvalue weighted by Crippen LogP contribution is -2.27. The van der Waals surface area contributed by atoms with Gasteiger partial charge >= 0.3 is 0 Å². The van der Waals surface area contributed by atoms with E-state index in [2.05, 4.69) is 39.0 Å². The molecule has 1 fully saturated rings. The molecule has 0 saturated heterocycles. The second kappa shape index (κ2) is 5.88. The molecule has 2 rings (SSSR count). The number of hydrogen-bond acceptors (Lipinski definition) is 1. The van der Waals surface area contributed by atoms with Gasteiger partial charge in [0, 0.05) is 6.04 Å². The minimum absolute atomic E-state index is 0.234. The molecule has 1 saturated carbocycles. The van der Waals surface area contributed by atoms with E-state index in [1.165, 1.54) is 48.8 Å². The van der Waals surface area contributed by atoms with Crippen molar-refractivity contribution in [1.29, 1.82) is 0 Å². The molecule has 1 aromatic rings. The van der Waals surface area contributed by atoms with Crippen LogP contribution in [0.5, 0.6) is 0 Å². The summed E-state index contributed by atoms with van der Waals surface area (Å²) in [5.74, 6) is 1.59. The van der Waals surface area contributed by atoms with Gasteiger partial charge in [-0.25, -0.2) is 0 Å². The Hall–Kier alpha value is -0.820. The third-order valence-electron chi connectivity index (χ3n) is 4.54. The van der Waals surface area contributed by atoms with Crippen LogP contribution in [0.15, 0.2) is 18.2 Å². The molecule has 3 unspecified atom stereocenters. The first-order chi connectivity index (χ1) is 8.60. The van der Waals surface area contributed by atoms with Crippen LogP contribution in [0.4, 0.5) is 0 Å². The molecule has 3 atom stereocenters. The van der Waals surface area contributed by atoms with Gasteiger partial charge in [0.25, 0.3) is 0 Å². The van der Waals surface area contributed by atoms with Crippen LogP contribution in [-0.2, 0) is 0 Å². The maximum atomic E-state index is 6.52. The van der Waals surface area contributed by atoms with Gasteiger partial charge in [-0.1, -0.05) is 55.5 Å². The van der Waals surface area contributed by atoms with E-state index in [0.717, 1.165) is 5.92 Å². The predicted molar refractivity (Wildman–Crippen MR) is 78.6 cm³/mol. The Morgan fingerprint density at radius 3 is 2.44 bits per heavy atom. The van der Waals surface area contributed by atoms with E-state index in [4.69, 9.17) is 5.73 Å². The first-order valence-electron chi connectivity index (χ1n) is 7.44. The molecule has 0 amide bonds. The van der Waals surface area contributed by atoms with Gasteiger partial charge < -0.3 is 5.73 Å². The average Bonchev–Trinajstić information content (AvgIpc) is 2.37. The van der Waals surface area contributed by atoms with Gasteiger partial charge in [-0.05, 0) is 44.1 Å². The largest absolute Gasteiger partial charge is 0.324 e. The van der Waals surface area contributed by atoms with Crippen LogP contribution in [0.3, 0.4) is 0 Å². The topological polar surface area (TPSA) is 26.0 Å². The first kappa shape index (κ1) is 13.6. The highest BCUT2D eigenvalue weighted by molar-refractivity contribution is 5.30. The van der Waals surface area contributed by atoms with Crippen molar-refractivity contribution < 1.29 is 0 Å². The summed E-state index contributed by atoms with van der Waals surface area (Å²) in [6.07, 6.45) is 6.72. The third kappa shape index (κ3) is 3.14. The zero-order valence-corrected chi connectivity index (χ0v) is 12.1. The van der Waals surface area contributed by atoms with Gasteiger partial charge in [-0.2, -0.15) is 0 Å².